The van der Waals surface area contributed by atoms with Crippen molar-refractivity contribution < 1.29 is 24.2 Å². The lowest BCUT2D eigenvalue weighted by atomic mass is 9.80. The maximum Gasteiger partial charge on any atom is 0.325 e. The fourth-order valence-corrected chi connectivity index (χ4v) is 6.09. The minimum absolute atomic E-state index is 0.0500. The zero-order valence-electron chi connectivity index (χ0n) is 23.3. The number of esters is 1. The Balaban J connectivity index is 1.43. The van der Waals surface area contributed by atoms with Crippen molar-refractivity contribution in [3.63, 3.8) is 0 Å². The molecule has 0 bridgehead atoms. The van der Waals surface area contributed by atoms with Gasteiger partial charge in [-0.15, -0.1) is 0 Å². The third-order valence-corrected chi connectivity index (χ3v) is 8.18. The molecule has 9 heteroatoms. The first-order chi connectivity index (χ1) is 18.9. The molecule has 2 heterocycles. The quantitative estimate of drug-likeness (QED) is 0.327. The molecule has 40 heavy (non-hydrogen) atoms. The standard InChI is InChI=1S/C31H38N4O5/c1-17(36)28(32)30(39)40-20-11-9-19(10-12-20)34-23-14-18(8-13-21(23)29(33)38)27-22-6-4-5-7-24(22)35-25(27)15-31(2,3)16-26(35)37/h4-8,13-14,17,19-20,28,34,36H,9-12,15-16,32H2,1-3H3,(H2,33,38)/t17-,19-,20-,28-/m0/s1. The van der Waals surface area contributed by atoms with Gasteiger partial charge in [0.05, 0.1) is 17.2 Å². The Morgan fingerprint density at radius 3 is 2.48 bits per heavy atom. The van der Waals surface area contributed by atoms with E-state index in [1.807, 2.05) is 41.0 Å². The molecular weight excluding hydrogens is 508 g/mol. The third kappa shape index (κ3) is 5.36. The highest BCUT2D eigenvalue weighted by Gasteiger charge is 2.35. The fourth-order valence-electron chi connectivity index (χ4n) is 6.09. The van der Waals surface area contributed by atoms with Crippen LogP contribution in [0.2, 0.25) is 0 Å². The second-order valence-electron chi connectivity index (χ2n) is 12.0. The second kappa shape index (κ2) is 10.7. The summed E-state index contributed by atoms with van der Waals surface area (Å²) in [5.74, 6) is -1.03. The van der Waals surface area contributed by atoms with Crippen molar-refractivity contribution in [2.75, 3.05) is 5.32 Å². The number of benzene rings is 2. The zero-order chi connectivity index (χ0) is 28.8. The maximum absolute atomic E-state index is 13.2. The number of para-hydroxylation sites is 1. The van der Waals surface area contributed by atoms with Crippen LogP contribution in [0.5, 0.6) is 0 Å². The summed E-state index contributed by atoms with van der Waals surface area (Å²) in [6.45, 7) is 5.69. The van der Waals surface area contributed by atoms with E-state index in [9.17, 15) is 19.5 Å². The average molecular weight is 547 g/mol. The lowest BCUT2D eigenvalue weighted by Gasteiger charge is -2.31. The predicted molar refractivity (Wildman–Crippen MR) is 154 cm³/mol. The number of hydrogen-bond acceptors (Lipinski definition) is 7. The molecule has 9 nitrogen and oxygen atoms in total. The number of aromatic nitrogens is 1. The number of primary amides is 1. The van der Waals surface area contributed by atoms with Gasteiger partial charge >= 0.3 is 5.97 Å². The molecule has 0 spiro atoms. The Morgan fingerprint density at radius 2 is 1.80 bits per heavy atom. The van der Waals surface area contributed by atoms with Gasteiger partial charge in [0.2, 0.25) is 5.91 Å². The number of rotatable bonds is 7. The Labute approximate surface area is 233 Å². The van der Waals surface area contributed by atoms with Crippen LogP contribution in [-0.2, 0) is 16.0 Å². The van der Waals surface area contributed by atoms with Gasteiger partial charge in [-0.2, -0.15) is 0 Å². The fraction of sp³-hybridized carbons (Fsp3) is 0.452. The van der Waals surface area contributed by atoms with Gasteiger partial charge in [-0.05, 0) is 68.2 Å². The Hall–Kier alpha value is -3.69. The van der Waals surface area contributed by atoms with Gasteiger partial charge in [-0.25, -0.2) is 0 Å². The molecule has 2 aromatic carbocycles. The lowest BCUT2D eigenvalue weighted by Crippen LogP contribution is -2.43. The molecule has 2 aliphatic rings. The number of carbonyl (C=O) groups excluding carboxylic acids is 3. The monoisotopic (exact) mass is 546 g/mol. The molecule has 0 radical (unpaired) electrons. The number of carbonyl (C=O) groups is 3. The number of amides is 1. The van der Waals surface area contributed by atoms with E-state index in [1.54, 1.807) is 6.07 Å². The van der Waals surface area contributed by atoms with Crippen LogP contribution in [0, 0.1) is 5.41 Å². The molecular formula is C31H38N4O5. The summed E-state index contributed by atoms with van der Waals surface area (Å²) >= 11 is 0. The average Bonchev–Trinajstić information content (AvgIpc) is 3.22. The van der Waals surface area contributed by atoms with E-state index in [-0.39, 0.29) is 23.5 Å². The van der Waals surface area contributed by atoms with Gasteiger partial charge in [-0.1, -0.05) is 38.1 Å². The number of hydrogen-bond donors (Lipinski definition) is 4. The van der Waals surface area contributed by atoms with Crippen LogP contribution in [-0.4, -0.2) is 51.7 Å². The number of fused-ring (bicyclic) bond motifs is 3. The summed E-state index contributed by atoms with van der Waals surface area (Å²) in [5.41, 5.74) is 16.1. The summed E-state index contributed by atoms with van der Waals surface area (Å²) in [6.07, 6.45) is 2.70. The summed E-state index contributed by atoms with van der Waals surface area (Å²) in [5, 5.41) is 14.1. The maximum atomic E-state index is 13.2. The molecule has 0 unspecified atom stereocenters. The third-order valence-electron chi connectivity index (χ3n) is 8.18. The Kier molecular flexibility index (Phi) is 7.46. The van der Waals surface area contributed by atoms with E-state index < -0.39 is 24.0 Å². The van der Waals surface area contributed by atoms with E-state index >= 15 is 0 Å². The van der Waals surface area contributed by atoms with E-state index in [0.717, 1.165) is 47.0 Å². The van der Waals surface area contributed by atoms with Crippen molar-refractivity contribution in [1.82, 2.24) is 4.57 Å². The molecule has 212 valence electrons. The Morgan fingerprint density at radius 1 is 1.10 bits per heavy atom. The van der Waals surface area contributed by atoms with Crippen molar-refractivity contribution in [3.8, 4) is 11.1 Å². The number of aliphatic hydroxyl groups is 1. The predicted octanol–water partition coefficient (Wildman–Crippen LogP) is 3.99. The largest absolute Gasteiger partial charge is 0.461 e. The minimum atomic E-state index is -1.06. The van der Waals surface area contributed by atoms with Crippen molar-refractivity contribution in [3.05, 3.63) is 53.7 Å². The smallest absolute Gasteiger partial charge is 0.325 e. The minimum Gasteiger partial charge on any atom is -0.461 e. The summed E-state index contributed by atoms with van der Waals surface area (Å²) < 4.78 is 7.36. The number of ether oxygens (including phenoxy) is 1. The summed E-state index contributed by atoms with van der Waals surface area (Å²) in [6, 6.07) is 12.5. The molecule has 1 aliphatic carbocycles. The van der Waals surface area contributed by atoms with E-state index in [2.05, 4.69) is 19.2 Å². The highest BCUT2D eigenvalue weighted by molar-refractivity contribution is 6.06. The van der Waals surface area contributed by atoms with Gasteiger partial charge in [0.25, 0.3) is 5.91 Å². The van der Waals surface area contributed by atoms with Crippen LogP contribution in [0.4, 0.5) is 5.69 Å². The molecule has 1 amide bonds. The van der Waals surface area contributed by atoms with Gasteiger partial charge in [0.1, 0.15) is 12.1 Å². The van der Waals surface area contributed by atoms with Gasteiger partial charge < -0.3 is 26.6 Å². The Bertz CT molecular complexity index is 1470. The second-order valence-corrected chi connectivity index (χ2v) is 12.0. The first kappa shape index (κ1) is 27.9. The summed E-state index contributed by atoms with van der Waals surface area (Å²) in [7, 11) is 0. The molecule has 1 aliphatic heterocycles. The first-order valence-electron chi connectivity index (χ1n) is 14.0. The van der Waals surface area contributed by atoms with Crippen molar-refractivity contribution in [1.29, 1.82) is 0 Å². The van der Waals surface area contributed by atoms with Crippen LogP contribution < -0.4 is 16.8 Å². The molecule has 1 fully saturated rings. The SMILES string of the molecule is C[C@H](O)[C@H](N)C(=O)O[C@H]1CC[C@H](Nc2cc(-c3c4n(c5ccccc35)C(=O)CC(C)(C)C4)ccc2C(N)=O)CC1. The van der Waals surface area contributed by atoms with Crippen molar-refractivity contribution in [2.45, 2.75) is 83.6 Å². The normalized spacial score (nSPS) is 21.9. The van der Waals surface area contributed by atoms with Crippen molar-refractivity contribution in [2.24, 2.45) is 16.9 Å². The number of nitrogens with one attached hydrogen (secondary N) is 1. The molecule has 1 saturated carbocycles. The van der Waals surface area contributed by atoms with E-state index in [0.29, 0.717) is 30.5 Å². The lowest BCUT2D eigenvalue weighted by molar-refractivity contribution is -0.154. The number of nitrogens with two attached hydrogens (primary N) is 2. The van der Waals surface area contributed by atoms with Crippen LogP contribution in [0.1, 0.15) is 73.7 Å². The van der Waals surface area contributed by atoms with Gasteiger partial charge in [-0.3, -0.25) is 19.0 Å². The molecule has 2 atom stereocenters. The van der Waals surface area contributed by atoms with Crippen LogP contribution in [0.25, 0.3) is 22.0 Å². The molecule has 6 N–H and O–H groups in total. The summed E-state index contributed by atoms with van der Waals surface area (Å²) in [4.78, 5) is 37.8. The number of nitrogens with zero attached hydrogens (tertiary/aromatic N) is 1. The number of aliphatic hydroxyl groups excluding tert-OH is 1. The highest BCUT2D eigenvalue weighted by atomic mass is 16.5. The van der Waals surface area contributed by atoms with Gasteiger partial charge in [0.15, 0.2) is 0 Å². The molecule has 5 rings (SSSR count). The number of anilines is 1. The van der Waals surface area contributed by atoms with Crippen LogP contribution >= 0.6 is 0 Å². The van der Waals surface area contributed by atoms with Crippen molar-refractivity contribution >= 4 is 34.4 Å². The van der Waals surface area contributed by atoms with Gasteiger partial charge in [0, 0.05) is 34.8 Å². The zero-order valence-corrected chi connectivity index (χ0v) is 23.3. The molecule has 1 aromatic heterocycles. The van der Waals surface area contributed by atoms with E-state index in [4.69, 9.17) is 16.2 Å². The van der Waals surface area contributed by atoms with E-state index in [1.165, 1.54) is 6.92 Å². The molecule has 0 saturated heterocycles. The first-order valence-corrected chi connectivity index (χ1v) is 14.0. The topological polar surface area (TPSA) is 150 Å². The van der Waals surface area contributed by atoms with Crippen LogP contribution in [0.15, 0.2) is 42.5 Å². The molecule has 3 aromatic rings. The van der Waals surface area contributed by atoms with Crippen LogP contribution in [0.3, 0.4) is 0 Å². The highest BCUT2D eigenvalue weighted by Crippen LogP contribution is 2.43.